The van der Waals surface area contributed by atoms with Crippen molar-refractivity contribution in [1.82, 2.24) is 0 Å². The second-order valence-corrected chi connectivity index (χ2v) is 3.28. The van der Waals surface area contributed by atoms with Gasteiger partial charge in [0.15, 0.2) is 0 Å². The molecule has 0 heterocycles. The Morgan fingerprint density at radius 1 is 1.14 bits per heavy atom. The smallest absolute Gasteiger partial charge is 0.494 e. The maximum atomic E-state index is 12.5. The van der Waals surface area contributed by atoms with Crippen LogP contribution < -0.4 is 10.2 Å². The van der Waals surface area contributed by atoms with Gasteiger partial charge in [-0.2, -0.15) is 0 Å². The molecule has 0 saturated heterocycles. The van der Waals surface area contributed by atoms with Crippen LogP contribution in [-0.4, -0.2) is 13.1 Å². The van der Waals surface area contributed by atoms with Crippen molar-refractivity contribution in [2.45, 2.75) is 20.0 Å². The molecule has 14 heavy (non-hydrogen) atoms. The fourth-order valence-corrected chi connectivity index (χ4v) is 1.11. The summed E-state index contributed by atoms with van der Waals surface area (Å²) in [4.78, 5) is 0. The molecule has 0 saturated carbocycles. The zero-order valence-electron chi connectivity index (χ0n) is 8.01. The van der Waals surface area contributed by atoms with Gasteiger partial charge < -0.3 is 17.7 Å². The van der Waals surface area contributed by atoms with E-state index in [-0.39, 0.29) is 11.9 Å². The van der Waals surface area contributed by atoms with E-state index in [1.807, 2.05) is 0 Å². The van der Waals surface area contributed by atoms with Gasteiger partial charge in [0, 0.05) is 0 Å². The Hall–Kier alpha value is -1.13. The molecule has 5 heteroatoms. The molecule has 0 aliphatic rings. The molecule has 0 aliphatic heterocycles. The molecule has 0 atom stereocenters. The number of hydrogen-bond acceptors (Lipinski definition) is 1. The van der Waals surface area contributed by atoms with E-state index in [9.17, 15) is 12.9 Å². The molecule has 0 fully saturated rings. The largest absolute Gasteiger partial charge is 0.513 e. The first-order chi connectivity index (χ1) is 6.41. The highest BCUT2D eigenvalue weighted by atomic mass is 19.4. The van der Waals surface area contributed by atoms with Crippen LogP contribution in [0.1, 0.15) is 13.8 Å². The molecule has 1 nitrogen and oxygen atoms in total. The van der Waals surface area contributed by atoms with Gasteiger partial charge in [-0.3, -0.25) is 0 Å². The van der Waals surface area contributed by atoms with Crippen molar-refractivity contribution >= 4 is 12.4 Å². The average molecular weight is 203 g/mol. The van der Waals surface area contributed by atoms with Crippen LogP contribution in [0.25, 0.3) is 0 Å². The zero-order chi connectivity index (χ0) is 10.8. The van der Waals surface area contributed by atoms with Crippen molar-refractivity contribution in [2.75, 3.05) is 0 Å². The summed E-state index contributed by atoms with van der Waals surface area (Å²) < 4.78 is 42.5. The fraction of sp³-hybridized carbons (Fsp3) is 0.333. The number of halogens is 3. The topological polar surface area (TPSA) is 9.23 Å². The van der Waals surface area contributed by atoms with Gasteiger partial charge >= 0.3 is 6.98 Å². The number of benzene rings is 1. The van der Waals surface area contributed by atoms with Gasteiger partial charge in [0.1, 0.15) is 0 Å². The predicted molar refractivity (Wildman–Crippen MR) is 50.9 cm³/mol. The van der Waals surface area contributed by atoms with Crippen molar-refractivity contribution in [3.05, 3.63) is 24.3 Å². The number of rotatable bonds is 3. The van der Waals surface area contributed by atoms with Gasteiger partial charge in [0.25, 0.3) is 0 Å². The molecule has 1 aromatic carbocycles. The molecule has 78 valence electrons. The third-order valence-corrected chi connectivity index (χ3v) is 1.63. The van der Waals surface area contributed by atoms with Gasteiger partial charge in [0.05, 0.1) is 11.9 Å². The lowest BCUT2D eigenvalue weighted by molar-refractivity contribution is 0.243. The zero-order valence-corrected chi connectivity index (χ0v) is 8.01. The summed E-state index contributed by atoms with van der Waals surface area (Å²) in [6.07, 6.45) is -0.255. The Morgan fingerprint density at radius 3 is 2.21 bits per heavy atom. The van der Waals surface area contributed by atoms with E-state index >= 15 is 0 Å². The van der Waals surface area contributed by atoms with E-state index < -0.39 is 12.4 Å². The minimum atomic E-state index is -4.99. The van der Waals surface area contributed by atoms with E-state index in [2.05, 4.69) is 0 Å². The molecule has 1 aromatic rings. The Morgan fingerprint density at radius 2 is 1.71 bits per heavy atom. The summed E-state index contributed by atoms with van der Waals surface area (Å²) in [5, 5.41) is 0. The summed E-state index contributed by atoms with van der Waals surface area (Å²) in [5.41, 5.74) is -0.666. The molecule has 1 rings (SSSR count). The lowest BCUT2D eigenvalue weighted by Gasteiger charge is -2.21. The highest BCUT2D eigenvalue weighted by Crippen LogP contribution is 2.18. The maximum absolute atomic E-state index is 12.5. The summed E-state index contributed by atoms with van der Waals surface area (Å²) in [6.45, 7) is -1.60. The van der Waals surface area contributed by atoms with E-state index in [4.69, 9.17) is 4.74 Å². The van der Waals surface area contributed by atoms with Crippen molar-refractivity contribution in [3.63, 3.8) is 0 Å². The first-order valence-corrected chi connectivity index (χ1v) is 4.37. The summed E-state index contributed by atoms with van der Waals surface area (Å²) in [6, 6.07) is 5.27. The number of para-hydroxylation sites is 1. The molecular weight excluding hydrogens is 192 g/mol. The van der Waals surface area contributed by atoms with Crippen LogP contribution in [0.5, 0.6) is 5.75 Å². The third kappa shape index (κ3) is 2.68. The first kappa shape index (κ1) is 11.0. The summed E-state index contributed by atoms with van der Waals surface area (Å²) in [7, 11) is 0. The Bertz CT molecular complexity index is 309. The normalized spacial score (nSPS) is 11.9. The van der Waals surface area contributed by atoms with Crippen molar-refractivity contribution in [3.8, 4) is 5.75 Å². The van der Waals surface area contributed by atoms with Gasteiger partial charge in [-0.05, 0) is 19.9 Å². The minimum Gasteiger partial charge on any atom is -0.494 e. The highest BCUT2D eigenvalue weighted by molar-refractivity contribution is 6.74. The summed E-state index contributed by atoms with van der Waals surface area (Å²) >= 11 is 0. The molecular formula is C9H11BF3O-. The van der Waals surface area contributed by atoms with E-state index in [1.54, 1.807) is 13.8 Å². The van der Waals surface area contributed by atoms with Crippen LogP contribution in [0, 0.1) is 0 Å². The number of hydrogen-bond donors (Lipinski definition) is 0. The molecule has 0 N–H and O–H groups in total. The molecule has 0 bridgehead atoms. The molecule has 0 amide bonds. The second-order valence-electron chi connectivity index (χ2n) is 3.28. The molecule has 0 unspecified atom stereocenters. The van der Waals surface area contributed by atoms with Crippen LogP contribution in [0.3, 0.4) is 0 Å². The van der Waals surface area contributed by atoms with Crippen LogP contribution in [0.15, 0.2) is 24.3 Å². The monoisotopic (exact) mass is 203 g/mol. The molecule has 0 radical (unpaired) electrons. The first-order valence-electron chi connectivity index (χ1n) is 4.37. The fourth-order valence-electron chi connectivity index (χ4n) is 1.11. The standard InChI is InChI=1S/C9H11BF3O/c1-7(2)14-9-6-4-3-5-8(9)10(11,12)13/h3-7H,1-2H3/q-1. The molecule has 0 aromatic heterocycles. The lowest BCUT2D eigenvalue weighted by Crippen LogP contribution is -2.35. The van der Waals surface area contributed by atoms with Crippen LogP contribution in [0.4, 0.5) is 12.9 Å². The van der Waals surface area contributed by atoms with Gasteiger partial charge in [-0.1, -0.05) is 23.7 Å². The molecule has 0 aliphatic carbocycles. The van der Waals surface area contributed by atoms with Crippen molar-refractivity contribution in [2.24, 2.45) is 0 Å². The lowest BCUT2D eigenvalue weighted by atomic mass is 9.79. The van der Waals surface area contributed by atoms with Crippen LogP contribution in [-0.2, 0) is 0 Å². The van der Waals surface area contributed by atoms with Gasteiger partial charge in [-0.15, -0.1) is 0 Å². The minimum absolute atomic E-state index is 0.0880. The molecule has 0 spiro atoms. The van der Waals surface area contributed by atoms with E-state index in [0.717, 1.165) is 6.07 Å². The second kappa shape index (κ2) is 3.94. The van der Waals surface area contributed by atoms with Crippen molar-refractivity contribution < 1.29 is 17.7 Å². The average Bonchev–Trinajstić information content (AvgIpc) is 2.01. The number of ether oxygens (including phenoxy) is 1. The maximum Gasteiger partial charge on any atom is 0.513 e. The quantitative estimate of drug-likeness (QED) is 0.685. The van der Waals surface area contributed by atoms with E-state index in [1.165, 1.54) is 18.2 Å². The Kier molecular flexibility index (Phi) is 3.08. The SMILES string of the molecule is CC(C)Oc1ccccc1[B-](F)(F)F. The Balaban J connectivity index is 3.04. The van der Waals surface area contributed by atoms with Gasteiger partial charge in [-0.25, -0.2) is 0 Å². The van der Waals surface area contributed by atoms with Gasteiger partial charge in [0.2, 0.25) is 0 Å². The van der Waals surface area contributed by atoms with Crippen LogP contribution >= 0.6 is 0 Å². The highest BCUT2D eigenvalue weighted by Gasteiger charge is 2.28. The summed E-state index contributed by atoms with van der Waals surface area (Å²) in [5.74, 6) is -0.0880. The third-order valence-electron chi connectivity index (χ3n) is 1.63. The predicted octanol–water partition coefficient (Wildman–Crippen LogP) is 2.53. The Labute approximate surface area is 80.9 Å². The van der Waals surface area contributed by atoms with Crippen molar-refractivity contribution in [1.29, 1.82) is 0 Å². The van der Waals surface area contributed by atoms with Crippen LogP contribution in [0.2, 0.25) is 0 Å². The van der Waals surface area contributed by atoms with E-state index in [0.29, 0.717) is 0 Å².